The van der Waals surface area contributed by atoms with Gasteiger partial charge in [0.15, 0.2) is 0 Å². The number of fused-ring (bicyclic) bond motifs is 1. The molecule has 0 N–H and O–H groups in total. The number of rotatable bonds is 2. The number of nitrogens with zero attached hydrogens (tertiary/aromatic N) is 2. The lowest BCUT2D eigenvalue weighted by molar-refractivity contribution is 0.190. The van der Waals surface area contributed by atoms with Gasteiger partial charge in [-0.1, -0.05) is 24.3 Å². The highest BCUT2D eigenvalue weighted by molar-refractivity contribution is 7.99. The fourth-order valence-corrected chi connectivity index (χ4v) is 4.07. The van der Waals surface area contributed by atoms with Crippen LogP contribution in [0.3, 0.4) is 0 Å². The van der Waals surface area contributed by atoms with Crippen LogP contribution >= 0.6 is 11.8 Å². The van der Waals surface area contributed by atoms with Crippen LogP contribution in [-0.2, 0) is 11.2 Å². The number of hydrogen-bond acceptors (Lipinski definition) is 5. The van der Waals surface area contributed by atoms with Gasteiger partial charge in [-0.25, -0.2) is 0 Å². The summed E-state index contributed by atoms with van der Waals surface area (Å²) in [5, 5.41) is 8.71. The van der Waals surface area contributed by atoms with Crippen molar-refractivity contribution in [1.29, 1.82) is 0 Å². The van der Waals surface area contributed by atoms with Crippen molar-refractivity contribution >= 4 is 11.8 Å². The molecule has 3 heterocycles. The number of aromatic nitrogens is 2. The maximum absolute atomic E-state index is 5.94. The quantitative estimate of drug-likeness (QED) is 0.850. The van der Waals surface area contributed by atoms with E-state index >= 15 is 0 Å². The molecule has 20 heavy (non-hydrogen) atoms. The first-order chi connectivity index (χ1) is 9.92. The van der Waals surface area contributed by atoms with Crippen molar-refractivity contribution in [2.75, 3.05) is 19.0 Å². The number of benzene rings is 1. The molecule has 2 atom stereocenters. The van der Waals surface area contributed by atoms with Crippen molar-refractivity contribution in [2.24, 2.45) is 0 Å². The molecule has 0 saturated carbocycles. The zero-order valence-corrected chi connectivity index (χ0v) is 11.9. The minimum atomic E-state index is 0.184. The fraction of sp³-hybridized carbons (Fsp3) is 0.467. The van der Waals surface area contributed by atoms with Gasteiger partial charge in [0.25, 0.3) is 0 Å². The van der Waals surface area contributed by atoms with Gasteiger partial charge in [0.2, 0.25) is 11.8 Å². The van der Waals surface area contributed by atoms with Gasteiger partial charge in [-0.05, 0) is 29.7 Å². The topological polar surface area (TPSA) is 48.2 Å². The molecule has 4 nitrogen and oxygen atoms in total. The van der Waals surface area contributed by atoms with Gasteiger partial charge in [-0.2, -0.15) is 0 Å². The lowest BCUT2D eigenvalue weighted by Crippen LogP contribution is -2.09. The van der Waals surface area contributed by atoms with Crippen molar-refractivity contribution in [3.05, 3.63) is 47.2 Å². The molecule has 4 rings (SSSR count). The summed E-state index contributed by atoms with van der Waals surface area (Å²) in [6.07, 6.45) is 2.10. The molecule has 2 aliphatic rings. The smallest absolute Gasteiger partial charge is 0.233 e. The lowest BCUT2D eigenvalue weighted by Gasteiger charge is -2.22. The first kappa shape index (κ1) is 12.4. The predicted molar refractivity (Wildman–Crippen MR) is 76.9 cm³/mol. The average molecular weight is 288 g/mol. The van der Waals surface area contributed by atoms with Crippen LogP contribution in [0.1, 0.15) is 40.5 Å². The van der Waals surface area contributed by atoms with E-state index < -0.39 is 0 Å². The molecule has 2 aliphatic heterocycles. The molecule has 0 spiro atoms. The van der Waals surface area contributed by atoms with E-state index in [1.165, 1.54) is 11.1 Å². The Morgan fingerprint density at radius 1 is 1.15 bits per heavy atom. The van der Waals surface area contributed by atoms with Crippen molar-refractivity contribution < 1.29 is 9.15 Å². The molecular formula is C15H16N2O2S. The second-order valence-corrected chi connectivity index (χ2v) is 6.45. The molecule has 0 radical (unpaired) electrons. The van der Waals surface area contributed by atoms with E-state index in [9.17, 15) is 0 Å². The standard InChI is InChI=1S/C15H16N2O2S/c1-2-4-12-10(3-1)6-8-20-13(12)15-17-16-14(19-15)11-5-7-18-9-11/h1-4,11,13H,5-9H2/t11-,13+/m0/s1. The van der Waals surface area contributed by atoms with Crippen LogP contribution in [-0.4, -0.2) is 29.2 Å². The van der Waals surface area contributed by atoms with Gasteiger partial charge in [0.05, 0.1) is 12.5 Å². The Labute approximate surface area is 121 Å². The number of aryl methyl sites for hydroxylation is 1. The molecule has 0 aliphatic carbocycles. The van der Waals surface area contributed by atoms with Gasteiger partial charge in [-0.3, -0.25) is 0 Å². The zero-order valence-electron chi connectivity index (χ0n) is 11.1. The van der Waals surface area contributed by atoms with Crippen LogP contribution in [0.2, 0.25) is 0 Å². The molecule has 1 aromatic carbocycles. The van der Waals surface area contributed by atoms with Crippen molar-refractivity contribution in [2.45, 2.75) is 24.0 Å². The Balaban J connectivity index is 1.65. The zero-order chi connectivity index (χ0) is 13.4. The summed E-state index contributed by atoms with van der Waals surface area (Å²) >= 11 is 1.89. The first-order valence-electron chi connectivity index (χ1n) is 7.02. The lowest BCUT2D eigenvalue weighted by atomic mass is 10.0. The monoisotopic (exact) mass is 288 g/mol. The summed E-state index contributed by atoms with van der Waals surface area (Å²) in [4.78, 5) is 0. The summed E-state index contributed by atoms with van der Waals surface area (Å²) < 4.78 is 11.3. The van der Waals surface area contributed by atoms with E-state index in [2.05, 4.69) is 34.5 Å². The van der Waals surface area contributed by atoms with E-state index in [1.807, 2.05) is 11.8 Å². The molecule has 104 valence electrons. The Bertz CT molecular complexity index is 607. The fourth-order valence-electron chi connectivity index (χ4n) is 2.85. The SMILES string of the molecule is c1ccc2c(c1)CCS[C@H]2c1nnc([C@H]2CCOC2)o1. The summed E-state index contributed by atoms with van der Waals surface area (Å²) in [6, 6.07) is 8.56. The normalized spacial score (nSPS) is 25.6. The Morgan fingerprint density at radius 3 is 2.95 bits per heavy atom. The molecule has 1 fully saturated rings. The maximum Gasteiger partial charge on any atom is 0.233 e. The van der Waals surface area contributed by atoms with Gasteiger partial charge in [0, 0.05) is 6.61 Å². The Hall–Kier alpha value is -1.33. The second kappa shape index (κ2) is 5.22. The summed E-state index contributed by atoms with van der Waals surface area (Å²) in [5.41, 5.74) is 2.72. The second-order valence-electron chi connectivity index (χ2n) is 5.24. The van der Waals surface area contributed by atoms with E-state index in [0.29, 0.717) is 6.61 Å². The molecule has 5 heteroatoms. The van der Waals surface area contributed by atoms with Crippen molar-refractivity contribution in [3.8, 4) is 0 Å². The van der Waals surface area contributed by atoms with E-state index in [1.54, 1.807) is 0 Å². The van der Waals surface area contributed by atoms with E-state index in [4.69, 9.17) is 9.15 Å². The van der Waals surface area contributed by atoms with E-state index in [-0.39, 0.29) is 11.2 Å². The highest BCUT2D eigenvalue weighted by Crippen LogP contribution is 2.41. The average Bonchev–Trinajstić information content (AvgIpc) is 3.17. The summed E-state index contributed by atoms with van der Waals surface area (Å²) in [6.45, 7) is 1.50. The van der Waals surface area contributed by atoms with E-state index in [0.717, 1.165) is 37.0 Å². The van der Waals surface area contributed by atoms with Crippen LogP contribution in [0.5, 0.6) is 0 Å². The molecule has 0 amide bonds. The van der Waals surface area contributed by atoms with Crippen LogP contribution < -0.4 is 0 Å². The highest BCUT2D eigenvalue weighted by atomic mass is 32.2. The molecule has 1 saturated heterocycles. The largest absolute Gasteiger partial charge is 0.423 e. The van der Waals surface area contributed by atoms with Crippen LogP contribution in [0, 0.1) is 0 Å². The summed E-state index contributed by atoms with van der Waals surface area (Å²) in [5.74, 6) is 2.86. The maximum atomic E-state index is 5.94. The Morgan fingerprint density at radius 2 is 2.05 bits per heavy atom. The Kier molecular flexibility index (Phi) is 3.24. The summed E-state index contributed by atoms with van der Waals surface area (Å²) in [7, 11) is 0. The third-order valence-electron chi connectivity index (χ3n) is 3.95. The van der Waals surface area contributed by atoms with Gasteiger partial charge in [0.1, 0.15) is 5.25 Å². The number of hydrogen-bond donors (Lipinski definition) is 0. The highest BCUT2D eigenvalue weighted by Gasteiger charge is 2.29. The minimum Gasteiger partial charge on any atom is -0.423 e. The predicted octanol–water partition coefficient (Wildman–Crippen LogP) is 2.95. The third kappa shape index (κ3) is 2.15. The molecule has 0 unspecified atom stereocenters. The van der Waals surface area contributed by atoms with Gasteiger partial charge in [-0.15, -0.1) is 22.0 Å². The first-order valence-corrected chi connectivity index (χ1v) is 8.07. The minimum absolute atomic E-state index is 0.184. The van der Waals surface area contributed by atoms with Crippen LogP contribution in [0.25, 0.3) is 0 Å². The van der Waals surface area contributed by atoms with Gasteiger partial charge >= 0.3 is 0 Å². The molecule has 1 aromatic heterocycles. The van der Waals surface area contributed by atoms with Crippen molar-refractivity contribution in [1.82, 2.24) is 10.2 Å². The van der Waals surface area contributed by atoms with Crippen LogP contribution in [0.15, 0.2) is 28.7 Å². The van der Waals surface area contributed by atoms with Gasteiger partial charge < -0.3 is 9.15 Å². The molecular weight excluding hydrogens is 272 g/mol. The number of ether oxygens (including phenoxy) is 1. The van der Waals surface area contributed by atoms with Crippen molar-refractivity contribution in [3.63, 3.8) is 0 Å². The molecule has 0 bridgehead atoms. The molecule has 2 aromatic rings. The number of thioether (sulfide) groups is 1. The van der Waals surface area contributed by atoms with Crippen LogP contribution in [0.4, 0.5) is 0 Å². The third-order valence-corrected chi connectivity index (χ3v) is 5.18.